The summed E-state index contributed by atoms with van der Waals surface area (Å²) >= 11 is 0. The lowest BCUT2D eigenvalue weighted by Crippen LogP contribution is -2.21. The first-order chi connectivity index (χ1) is 8.13. The second-order valence-corrected chi connectivity index (χ2v) is 5.82. The standard InChI is InChI=1S/C15H24N2/c1-15(2)9-14(15)11-17-8-7-12-5-3-4-6-13(12)10-16/h3-6,14,17H,7-11,16H2,1-2H3. The third kappa shape index (κ3) is 3.30. The molecule has 1 saturated carbocycles. The average molecular weight is 232 g/mol. The fourth-order valence-corrected chi connectivity index (χ4v) is 2.42. The average Bonchev–Trinajstić information content (AvgIpc) is 2.93. The summed E-state index contributed by atoms with van der Waals surface area (Å²) < 4.78 is 0. The van der Waals surface area contributed by atoms with Crippen LogP contribution in [0.1, 0.15) is 31.4 Å². The predicted octanol–water partition coefficient (Wildman–Crippen LogP) is 2.32. The van der Waals surface area contributed by atoms with Crippen LogP contribution in [0.5, 0.6) is 0 Å². The summed E-state index contributed by atoms with van der Waals surface area (Å²) in [5.41, 5.74) is 8.98. The molecule has 1 aliphatic carbocycles. The summed E-state index contributed by atoms with van der Waals surface area (Å²) in [6.07, 6.45) is 2.46. The van der Waals surface area contributed by atoms with E-state index in [4.69, 9.17) is 5.73 Å². The number of benzene rings is 1. The zero-order chi connectivity index (χ0) is 12.3. The fraction of sp³-hybridized carbons (Fsp3) is 0.600. The Morgan fingerprint density at radius 1 is 1.29 bits per heavy atom. The highest BCUT2D eigenvalue weighted by atomic mass is 14.9. The first-order valence-corrected chi connectivity index (χ1v) is 6.61. The number of nitrogens with two attached hydrogens (primary N) is 1. The second-order valence-electron chi connectivity index (χ2n) is 5.82. The molecule has 3 N–H and O–H groups in total. The predicted molar refractivity (Wildman–Crippen MR) is 72.8 cm³/mol. The van der Waals surface area contributed by atoms with Crippen molar-refractivity contribution in [2.24, 2.45) is 17.1 Å². The molecular formula is C15H24N2. The van der Waals surface area contributed by atoms with Gasteiger partial charge >= 0.3 is 0 Å². The Kier molecular flexibility index (Phi) is 3.85. The molecule has 1 aromatic carbocycles. The zero-order valence-corrected chi connectivity index (χ0v) is 11.0. The Labute approximate surface area is 105 Å². The number of rotatable bonds is 6. The highest BCUT2D eigenvalue weighted by Gasteiger charge is 2.44. The minimum atomic E-state index is 0.585. The van der Waals surface area contributed by atoms with Gasteiger partial charge in [-0.3, -0.25) is 0 Å². The normalized spacial score (nSPS) is 21.5. The summed E-state index contributed by atoms with van der Waals surface area (Å²) in [6.45, 7) is 7.57. The van der Waals surface area contributed by atoms with E-state index in [0.29, 0.717) is 12.0 Å². The molecule has 1 atom stereocenters. The minimum Gasteiger partial charge on any atom is -0.326 e. The first kappa shape index (κ1) is 12.6. The van der Waals surface area contributed by atoms with E-state index in [9.17, 15) is 0 Å². The molecule has 0 amide bonds. The van der Waals surface area contributed by atoms with Gasteiger partial charge in [-0.25, -0.2) is 0 Å². The van der Waals surface area contributed by atoms with Crippen molar-refractivity contribution in [1.29, 1.82) is 0 Å². The van der Waals surface area contributed by atoms with E-state index < -0.39 is 0 Å². The number of hydrogen-bond acceptors (Lipinski definition) is 2. The van der Waals surface area contributed by atoms with Crippen molar-refractivity contribution in [3.05, 3.63) is 35.4 Å². The molecule has 0 radical (unpaired) electrons. The molecule has 2 nitrogen and oxygen atoms in total. The van der Waals surface area contributed by atoms with Crippen LogP contribution in [0.25, 0.3) is 0 Å². The van der Waals surface area contributed by atoms with Gasteiger partial charge in [-0.2, -0.15) is 0 Å². The van der Waals surface area contributed by atoms with E-state index in [0.717, 1.165) is 25.4 Å². The van der Waals surface area contributed by atoms with Crippen LogP contribution in [-0.4, -0.2) is 13.1 Å². The van der Waals surface area contributed by atoms with E-state index in [1.54, 1.807) is 0 Å². The van der Waals surface area contributed by atoms with Gasteiger partial charge in [0.2, 0.25) is 0 Å². The van der Waals surface area contributed by atoms with Gasteiger partial charge in [0.25, 0.3) is 0 Å². The summed E-state index contributed by atoms with van der Waals surface area (Å²) in [4.78, 5) is 0. The molecule has 17 heavy (non-hydrogen) atoms. The van der Waals surface area contributed by atoms with E-state index >= 15 is 0 Å². The van der Waals surface area contributed by atoms with Crippen molar-refractivity contribution >= 4 is 0 Å². The highest BCUT2D eigenvalue weighted by Crippen LogP contribution is 2.50. The Morgan fingerprint density at radius 3 is 2.53 bits per heavy atom. The lowest BCUT2D eigenvalue weighted by Gasteiger charge is -2.09. The third-order valence-electron chi connectivity index (χ3n) is 4.02. The van der Waals surface area contributed by atoms with Gasteiger partial charge in [0.15, 0.2) is 0 Å². The molecule has 0 heterocycles. The Hall–Kier alpha value is -0.860. The molecule has 1 unspecified atom stereocenters. The van der Waals surface area contributed by atoms with E-state index in [1.807, 2.05) is 0 Å². The summed E-state index contributed by atoms with van der Waals surface area (Å²) in [7, 11) is 0. The second kappa shape index (κ2) is 5.19. The molecule has 0 aliphatic heterocycles. The molecule has 2 heteroatoms. The molecular weight excluding hydrogens is 208 g/mol. The van der Waals surface area contributed by atoms with Gasteiger partial charge in [0, 0.05) is 6.54 Å². The number of hydrogen-bond donors (Lipinski definition) is 2. The van der Waals surface area contributed by atoms with E-state index in [-0.39, 0.29) is 0 Å². The van der Waals surface area contributed by atoms with Crippen molar-refractivity contribution in [2.45, 2.75) is 33.2 Å². The van der Waals surface area contributed by atoms with Crippen molar-refractivity contribution in [3.8, 4) is 0 Å². The maximum atomic E-state index is 5.73. The van der Waals surface area contributed by atoms with Crippen LogP contribution in [0.3, 0.4) is 0 Å². The smallest absolute Gasteiger partial charge is 0.0180 e. The van der Waals surface area contributed by atoms with Gasteiger partial charge in [-0.15, -0.1) is 0 Å². The van der Waals surface area contributed by atoms with Crippen molar-refractivity contribution in [1.82, 2.24) is 5.32 Å². The maximum absolute atomic E-state index is 5.73. The van der Waals surface area contributed by atoms with Crippen LogP contribution < -0.4 is 11.1 Å². The summed E-state index contributed by atoms with van der Waals surface area (Å²) in [5.74, 6) is 0.882. The Morgan fingerprint density at radius 2 is 1.94 bits per heavy atom. The third-order valence-corrected chi connectivity index (χ3v) is 4.02. The molecule has 2 rings (SSSR count). The van der Waals surface area contributed by atoms with Gasteiger partial charge in [-0.05, 0) is 48.4 Å². The molecule has 1 aliphatic rings. The molecule has 0 saturated heterocycles. The molecule has 0 spiro atoms. The van der Waals surface area contributed by atoms with E-state index in [1.165, 1.54) is 17.5 Å². The summed E-state index contributed by atoms with van der Waals surface area (Å²) in [6, 6.07) is 8.47. The monoisotopic (exact) mass is 232 g/mol. The highest BCUT2D eigenvalue weighted by molar-refractivity contribution is 5.27. The van der Waals surface area contributed by atoms with Crippen LogP contribution in [0, 0.1) is 11.3 Å². The molecule has 1 aromatic rings. The summed E-state index contributed by atoms with van der Waals surface area (Å²) in [5, 5.41) is 3.56. The Balaban J connectivity index is 1.71. The SMILES string of the molecule is CC1(C)CC1CNCCc1ccccc1CN. The number of nitrogens with one attached hydrogen (secondary N) is 1. The van der Waals surface area contributed by atoms with Crippen molar-refractivity contribution in [3.63, 3.8) is 0 Å². The molecule has 0 aromatic heterocycles. The fourth-order valence-electron chi connectivity index (χ4n) is 2.42. The van der Waals surface area contributed by atoms with Crippen LogP contribution in [-0.2, 0) is 13.0 Å². The Bertz CT molecular complexity index is 371. The molecule has 0 bridgehead atoms. The van der Waals surface area contributed by atoms with Crippen molar-refractivity contribution in [2.75, 3.05) is 13.1 Å². The maximum Gasteiger partial charge on any atom is 0.0180 e. The van der Waals surface area contributed by atoms with Crippen LogP contribution in [0.15, 0.2) is 24.3 Å². The van der Waals surface area contributed by atoms with Gasteiger partial charge < -0.3 is 11.1 Å². The van der Waals surface area contributed by atoms with Crippen molar-refractivity contribution < 1.29 is 0 Å². The zero-order valence-electron chi connectivity index (χ0n) is 11.0. The van der Waals surface area contributed by atoms with Gasteiger partial charge in [0.05, 0.1) is 0 Å². The van der Waals surface area contributed by atoms with Gasteiger partial charge in [0.1, 0.15) is 0 Å². The van der Waals surface area contributed by atoms with Crippen LogP contribution >= 0.6 is 0 Å². The van der Waals surface area contributed by atoms with Gasteiger partial charge in [-0.1, -0.05) is 38.1 Å². The van der Waals surface area contributed by atoms with Crippen LogP contribution in [0.2, 0.25) is 0 Å². The largest absolute Gasteiger partial charge is 0.326 e. The quantitative estimate of drug-likeness (QED) is 0.739. The first-order valence-electron chi connectivity index (χ1n) is 6.61. The van der Waals surface area contributed by atoms with Crippen LogP contribution in [0.4, 0.5) is 0 Å². The lowest BCUT2D eigenvalue weighted by atomic mass is 10.0. The molecule has 94 valence electrons. The molecule has 1 fully saturated rings. The topological polar surface area (TPSA) is 38.0 Å². The van der Waals surface area contributed by atoms with E-state index in [2.05, 4.69) is 43.4 Å². The minimum absolute atomic E-state index is 0.585. The lowest BCUT2D eigenvalue weighted by molar-refractivity contribution is 0.521.